The molecule has 1 aliphatic heterocycles. The largest absolute Gasteiger partial charge is 0.452 e. The number of carbonyl (C=O) groups is 2. The van der Waals surface area contributed by atoms with Gasteiger partial charge < -0.3 is 10.1 Å². The van der Waals surface area contributed by atoms with Crippen LogP contribution in [0.2, 0.25) is 5.02 Å². The van der Waals surface area contributed by atoms with Crippen LogP contribution in [0.4, 0.5) is 5.69 Å². The molecule has 26 heavy (non-hydrogen) atoms. The topological polar surface area (TPSA) is 92.8 Å². The van der Waals surface area contributed by atoms with Gasteiger partial charge in [-0.05, 0) is 44.4 Å². The maximum atomic E-state index is 12.3. The van der Waals surface area contributed by atoms with Crippen LogP contribution in [0.15, 0.2) is 18.2 Å². The minimum atomic E-state index is -3.25. The smallest absolute Gasteiger partial charge is 0.309 e. The minimum absolute atomic E-state index is 0.279. The highest BCUT2D eigenvalue weighted by Gasteiger charge is 2.31. The third-order valence-electron chi connectivity index (χ3n) is 4.38. The zero-order valence-corrected chi connectivity index (χ0v) is 16.6. The number of sulfonamides is 1. The Balaban J connectivity index is 1.89. The molecule has 1 aromatic rings. The number of hydrogen-bond acceptors (Lipinski definition) is 5. The number of hydrogen-bond donors (Lipinski definition) is 1. The molecule has 7 nitrogen and oxygen atoms in total. The second kappa shape index (κ2) is 8.37. The van der Waals surface area contributed by atoms with E-state index in [1.165, 1.54) is 11.2 Å². The lowest BCUT2D eigenvalue weighted by atomic mass is 9.98. The molecule has 1 aliphatic rings. The molecule has 0 radical (unpaired) electrons. The Morgan fingerprint density at radius 3 is 2.50 bits per heavy atom. The summed E-state index contributed by atoms with van der Waals surface area (Å²) in [5.41, 5.74) is 1.40. The number of rotatable bonds is 5. The fraction of sp³-hybridized carbons (Fsp3) is 0.529. The Hall–Kier alpha value is -1.64. The predicted molar refractivity (Wildman–Crippen MR) is 99.5 cm³/mol. The molecule has 1 atom stereocenters. The van der Waals surface area contributed by atoms with Crippen LogP contribution in [0.3, 0.4) is 0 Å². The van der Waals surface area contributed by atoms with Gasteiger partial charge in [0, 0.05) is 23.8 Å². The van der Waals surface area contributed by atoms with Gasteiger partial charge in [-0.2, -0.15) is 0 Å². The molecule has 144 valence electrons. The van der Waals surface area contributed by atoms with Gasteiger partial charge in [-0.15, -0.1) is 0 Å². The third-order valence-corrected chi connectivity index (χ3v) is 5.91. The fourth-order valence-electron chi connectivity index (χ4n) is 2.71. The summed E-state index contributed by atoms with van der Waals surface area (Å²) in [6.07, 6.45) is 0.950. The molecule has 1 saturated heterocycles. The van der Waals surface area contributed by atoms with Crippen molar-refractivity contribution in [3.63, 3.8) is 0 Å². The standard InChI is InChI=1S/C17H23ClN2O5S/c1-11-4-5-14(18)10-15(11)19-16(21)12(2)25-17(22)13-6-8-20(9-7-13)26(3,23)24/h4-5,10,12-13H,6-9H2,1-3H3,(H,19,21). The number of nitrogens with zero attached hydrogens (tertiary/aromatic N) is 1. The van der Waals surface area contributed by atoms with E-state index in [9.17, 15) is 18.0 Å². The first-order chi connectivity index (χ1) is 12.1. The SMILES string of the molecule is Cc1ccc(Cl)cc1NC(=O)C(C)OC(=O)C1CCN(S(C)(=O)=O)CC1. The molecule has 0 aromatic heterocycles. The van der Waals surface area contributed by atoms with Crippen molar-refractivity contribution < 1.29 is 22.7 Å². The van der Waals surface area contributed by atoms with Crippen LogP contribution in [0.1, 0.15) is 25.3 Å². The van der Waals surface area contributed by atoms with Gasteiger partial charge in [-0.3, -0.25) is 9.59 Å². The highest BCUT2D eigenvalue weighted by atomic mass is 35.5. The Bertz CT molecular complexity index is 788. The molecule has 1 heterocycles. The molecule has 1 fully saturated rings. The zero-order valence-electron chi connectivity index (χ0n) is 15.0. The van der Waals surface area contributed by atoms with E-state index in [4.69, 9.17) is 16.3 Å². The summed E-state index contributed by atoms with van der Waals surface area (Å²) in [4.78, 5) is 24.5. The zero-order chi connectivity index (χ0) is 19.5. The normalized spacial score (nSPS) is 17.5. The van der Waals surface area contributed by atoms with Gasteiger partial charge in [0.2, 0.25) is 10.0 Å². The summed E-state index contributed by atoms with van der Waals surface area (Å²) >= 11 is 5.93. The highest BCUT2D eigenvalue weighted by Crippen LogP contribution is 2.22. The molecule has 1 aromatic carbocycles. The molecule has 0 spiro atoms. The van der Waals surface area contributed by atoms with Crippen LogP contribution >= 0.6 is 11.6 Å². The van der Waals surface area contributed by atoms with Crippen molar-refractivity contribution in [1.82, 2.24) is 4.31 Å². The fourth-order valence-corrected chi connectivity index (χ4v) is 3.76. The lowest BCUT2D eigenvalue weighted by molar-refractivity contribution is -0.158. The summed E-state index contributed by atoms with van der Waals surface area (Å²) in [5, 5.41) is 3.19. The molecular weight excluding hydrogens is 380 g/mol. The monoisotopic (exact) mass is 402 g/mol. The average molecular weight is 403 g/mol. The number of benzene rings is 1. The van der Waals surface area contributed by atoms with Crippen molar-refractivity contribution in [2.45, 2.75) is 32.8 Å². The van der Waals surface area contributed by atoms with E-state index in [-0.39, 0.29) is 13.1 Å². The number of amides is 1. The van der Waals surface area contributed by atoms with Gasteiger partial charge >= 0.3 is 5.97 Å². The number of halogens is 1. The number of aryl methyl sites for hydroxylation is 1. The first-order valence-electron chi connectivity index (χ1n) is 8.30. The van der Waals surface area contributed by atoms with Crippen LogP contribution in [0, 0.1) is 12.8 Å². The van der Waals surface area contributed by atoms with Crippen LogP contribution < -0.4 is 5.32 Å². The van der Waals surface area contributed by atoms with E-state index in [1.54, 1.807) is 18.2 Å². The number of nitrogens with one attached hydrogen (secondary N) is 1. The molecule has 9 heteroatoms. The molecule has 2 rings (SSSR count). The van der Waals surface area contributed by atoms with Crippen LogP contribution in [-0.4, -0.2) is 50.0 Å². The third kappa shape index (κ3) is 5.43. The Kier molecular flexibility index (Phi) is 6.65. The van der Waals surface area contributed by atoms with Crippen molar-refractivity contribution >= 4 is 39.2 Å². The summed E-state index contributed by atoms with van der Waals surface area (Å²) in [6, 6.07) is 5.13. The van der Waals surface area contributed by atoms with Gasteiger partial charge in [0.1, 0.15) is 0 Å². The van der Waals surface area contributed by atoms with Gasteiger partial charge in [0.25, 0.3) is 5.91 Å². The summed E-state index contributed by atoms with van der Waals surface area (Å²) in [7, 11) is -3.25. The minimum Gasteiger partial charge on any atom is -0.452 e. The first kappa shape index (κ1) is 20.7. The summed E-state index contributed by atoms with van der Waals surface area (Å²) < 4.78 is 29.6. The lowest BCUT2D eigenvalue weighted by Gasteiger charge is -2.29. The molecule has 0 bridgehead atoms. The Morgan fingerprint density at radius 1 is 1.31 bits per heavy atom. The van der Waals surface area contributed by atoms with E-state index in [1.807, 2.05) is 6.92 Å². The second-order valence-electron chi connectivity index (χ2n) is 6.46. The van der Waals surface area contributed by atoms with Crippen LogP contribution in [0.25, 0.3) is 0 Å². The first-order valence-corrected chi connectivity index (χ1v) is 10.5. The second-order valence-corrected chi connectivity index (χ2v) is 8.88. The average Bonchev–Trinajstić information content (AvgIpc) is 2.57. The van der Waals surface area contributed by atoms with Crippen molar-refractivity contribution in [2.75, 3.05) is 24.7 Å². The van der Waals surface area contributed by atoms with E-state index in [0.717, 1.165) is 11.8 Å². The molecule has 0 saturated carbocycles. The van der Waals surface area contributed by atoms with Gasteiger partial charge in [-0.1, -0.05) is 17.7 Å². The Labute approximate surface area is 158 Å². The number of carbonyl (C=O) groups excluding carboxylic acids is 2. The molecule has 1 amide bonds. The van der Waals surface area contributed by atoms with Crippen molar-refractivity contribution in [3.05, 3.63) is 28.8 Å². The van der Waals surface area contributed by atoms with E-state index in [0.29, 0.717) is 23.6 Å². The van der Waals surface area contributed by atoms with Gasteiger partial charge in [-0.25, -0.2) is 12.7 Å². The highest BCUT2D eigenvalue weighted by molar-refractivity contribution is 7.88. The van der Waals surface area contributed by atoms with Crippen LogP contribution in [0.5, 0.6) is 0 Å². The van der Waals surface area contributed by atoms with Crippen molar-refractivity contribution in [1.29, 1.82) is 0 Å². The maximum Gasteiger partial charge on any atom is 0.309 e. The number of piperidine rings is 1. The molecule has 1 unspecified atom stereocenters. The lowest BCUT2D eigenvalue weighted by Crippen LogP contribution is -2.41. The summed E-state index contributed by atoms with van der Waals surface area (Å²) in [6.45, 7) is 3.89. The molecule has 0 aliphatic carbocycles. The van der Waals surface area contributed by atoms with E-state index in [2.05, 4.69) is 5.32 Å². The summed E-state index contributed by atoms with van der Waals surface area (Å²) in [5.74, 6) is -1.34. The Morgan fingerprint density at radius 2 is 1.92 bits per heavy atom. The van der Waals surface area contributed by atoms with Crippen molar-refractivity contribution in [2.24, 2.45) is 5.92 Å². The number of ether oxygens (including phenoxy) is 1. The quantitative estimate of drug-likeness (QED) is 0.762. The maximum absolute atomic E-state index is 12.3. The number of anilines is 1. The van der Waals surface area contributed by atoms with Gasteiger partial charge in [0.15, 0.2) is 6.10 Å². The number of esters is 1. The molecule has 1 N–H and O–H groups in total. The van der Waals surface area contributed by atoms with E-state index >= 15 is 0 Å². The van der Waals surface area contributed by atoms with Crippen LogP contribution in [-0.2, 0) is 24.3 Å². The molecular formula is C17H23ClN2O5S. The van der Waals surface area contributed by atoms with Gasteiger partial charge in [0.05, 0.1) is 12.2 Å². The van der Waals surface area contributed by atoms with Crippen molar-refractivity contribution in [3.8, 4) is 0 Å². The predicted octanol–water partition coefficient (Wildman–Crippen LogP) is 2.19. The van der Waals surface area contributed by atoms with E-state index < -0.39 is 33.9 Å².